The fourth-order valence-electron chi connectivity index (χ4n) is 3.68. The molecule has 1 aliphatic carbocycles. The first kappa shape index (κ1) is 19.3. The lowest BCUT2D eigenvalue weighted by Crippen LogP contribution is -2.36. The highest BCUT2D eigenvalue weighted by atomic mass is 15.1. The fraction of sp³-hybridized carbons (Fsp3) is 0.476. The van der Waals surface area contributed by atoms with Gasteiger partial charge in [0, 0.05) is 42.0 Å². The van der Waals surface area contributed by atoms with Gasteiger partial charge in [0.25, 0.3) is 0 Å². The molecule has 0 radical (unpaired) electrons. The Labute approximate surface area is 161 Å². The first-order valence-electron chi connectivity index (χ1n) is 9.72. The lowest BCUT2D eigenvalue weighted by molar-refractivity contribution is 0.221. The SMILES string of the molecule is CCN=CC(=CN)c1ccc2ncnc(NC3CCC(N(C)C)CC3)c2c1. The summed E-state index contributed by atoms with van der Waals surface area (Å²) in [4.78, 5) is 15.6. The minimum atomic E-state index is 0.453. The van der Waals surface area contributed by atoms with Crippen LogP contribution in [0.1, 0.15) is 38.2 Å². The number of fused-ring (bicyclic) bond motifs is 1. The number of aromatic nitrogens is 2. The molecule has 0 amide bonds. The molecule has 1 aliphatic rings. The van der Waals surface area contributed by atoms with E-state index in [1.54, 1.807) is 12.5 Å². The van der Waals surface area contributed by atoms with Crippen LogP contribution < -0.4 is 11.1 Å². The van der Waals surface area contributed by atoms with Gasteiger partial charge in [-0.25, -0.2) is 9.97 Å². The molecule has 3 rings (SSSR count). The number of nitrogens with zero attached hydrogens (tertiary/aromatic N) is 4. The zero-order valence-corrected chi connectivity index (χ0v) is 16.5. The molecule has 0 atom stereocenters. The molecule has 0 unspecified atom stereocenters. The maximum Gasteiger partial charge on any atom is 0.137 e. The molecule has 0 bridgehead atoms. The second-order valence-corrected chi connectivity index (χ2v) is 7.32. The molecule has 144 valence electrons. The molecule has 1 saturated carbocycles. The van der Waals surface area contributed by atoms with Gasteiger partial charge in [-0.15, -0.1) is 0 Å². The lowest BCUT2D eigenvalue weighted by atomic mass is 9.90. The van der Waals surface area contributed by atoms with Crippen LogP contribution in [0.5, 0.6) is 0 Å². The summed E-state index contributed by atoms with van der Waals surface area (Å²) in [5.74, 6) is 0.902. The van der Waals surface area contributed by atoms with E-state index in [9.17, 15) is 0 Å². The van der Waals surface area contributed by atoms with Crippen LogP contribution in [-0.2, 0) is 0 Å². The number of anilines is 1. The number of aliphatic imine (C=N–C) groups is 1. The Kier molecular flexibility index (Phi) is 6.40. The highest BCUT2D eigenvalue weighted by Crippen LogP contribution is 2.28. The van der Waals surface area contributed by atoms with Crippen LogP contribution in [0.4, 0.5) is 5.82 Å². The van der Waals surface area contributed by atoms with E-state index in [1.807, 2.05) is 25.3 Å². The van der Waals surface area contributed by atoms with Crippen LogP contribution in [0.2, 0.25) is 0 Å². The van der Waals surface area contributed by atoms with Gasteiger partial charge in [-0.05, 0) is 64.4 Å². The zero-order chi connectivity index (χ0) is 19.2. The summed E-state index contributed by atoms with van der Waals surface area (Å²) >= 11 is 0. The lowest BCUT2D eigenvalue weighted by Gasteiger charge is -2.33. The van der Waals surface area contributed by atoms with Gasteiger partial charge in [0.05, 0.1) is 5.52 Å². The molecule has 1 fully saturated rings. The number of benzene rings is 1. The van der Waals surface area contributed by atoms with Gasteiger partial charge in [0.2, 0.25) is 0 Å². The molecular weight excluding hydrogens is 336 g/mol. The van der Waals surface area contributed by atoms with E-state index in [0.717, 1.165) is 47.2 Å². The molecule has 0 aliphatic heterocycles. The van der Waals surface area contributed by atoms with Crippen molar-refractivity contribution in [3.8, 4) is 0 Å². The minimum absolute atomic E-state index is 0.453. The number of hydrogen-bond donors (Lipinski definition) is 2. The third kappa shape index (κ3) is 4.63. The summed E-state index contributed by atoms with van der Waals surface area (Å²) in [7, 11) is 4.34. The van der Waals surface area contributed by atoms with Crippen molar-refractivity contribution in [3.63, 3.8) is 0 Å². The van der Waals surface area contributed by atoms with Crippen LogP contribution in [-0.4, -0.2) is 53.8 Å². The third-order valence-electron chi connectivity index (χ3n) is 5.33. The van der Waals surface area contributed by atoms with E-state index in [1.165, 1.54) is 12.8 Å². The number of allylic oxidation sites excluding steroid dienone is 1. The average Bonchev–Trinajstić information content (AvgIpc) is 2.69. The van der Waals surface area contributed by atoms with E-state index in [0.29, 0.717) is 12.1 Å². The van der Waals surface area contributed by atoms with Crippen molar-refractivity contribution in [2.75, 3.05) is 26.0 Å². The fourth-order valence-corrected chi connectivity index (χ4v) is 3.68. The van der Waals surface area contributed by atoms with Crippen molar-refractivity contribution in [1.29, 1.82) is 0 Å². The molecule has 3 N–H and O–H groups in total. The molecule has 6 heteroatoms. The molecule has 27 heavy (non-hydrogen) atoms. The van der Waals surface area contributed by atoms with Crippen LogP contribution in [0.25, 0.3) is 16.5 Å². The second-order valence-electron chi connectivity index (χ2n) is 7.32. The van der Waals surface area contributed by atoms with Gasteiger partial charge in [0.1, 0.15) is 12.1 Å². The Morgan fingerprint density at radius 3 is 2.70 bits per heavy atom. The summed E-state index contributed by atoms with van der Waals surface area (Å²) in [6.45, 7) is 2.74. The first-order valence-corrected chi connectivity index (χ1v) is 9.72. The molecule has 0 saturated heterocycles. The zero-order valence-electron chi connectivity index (χ0n) is 16.5. The number of rotatable bonds is 6. The normalized spacial score (nSPS) is 21.3. The Morgan fingerprint density at radius 2 is 2.04 bits per heavy atom. The van der Waals surface area contributed by atoms with E-state index in [-0.39, 0.29) is 0 Å². The molecular formula is C21H30N6. The Hall–Kier alpha value is -2.47. The molecule has 6 nitrogen and oxygen atoms in total. The highest BCUT2D eigenvalue weighted by Gasteiger charge is 2.23. The standard InChI is InChI=1S/C21H30N6/c1-4-23-13-16(12-22)15-5-10-20-19(11-15)21(25-14-24-20)26-17-6-8-18(9-7-17)27(2)3/h5,10-14,17-18H,4,6-9,22H2,1-3H3,(H,24,25,26). The van der Waals surface area contributed by atoms with E-state index < -0.39 is 0 Å². The van der Waals surface area contributed by atoms with Crippen LogP contribution in [0, 0.1) is 0 Å². The summed E-state index contributed by atoms with van der Waals surface area (Å²) in [5, 5.41) is 4.68. The first-order chi connectivity index (χ1) is 13.1. The number of nitrogens with one attached hydrogen (secondary N) is 1. The average molecular weight is 367 g/mol. The van der Waals surface area contributed by atoms with Crippen molar-refractivity contribution in [3.05, 3.63) is 36.3 Å². The third-order valence-corrected chi connectivity index (χ3v) is 5.33. The smallest absolute Gasteiger partial charge is 0.137 e. The van der Waals surface area contributed by atoms with E-state index in [2.05, 4.69) is 45.3 Å². The molecule has 0 spiro atoms. The largest absolute Gasteiger partial charge is 0.404 e. The quantitative estimate of drug-likeness (QED) is 0.767. The summed E-state index contributed by atoms with van der Waals surface area (Å²) in [6, 6.07) is 7.29. The van der Waals surface area contributed by atoms with Crippen LogP contribution >= 0.6 is 0 Å². The van der Waals surface area contributed by atoms with Crippen molar-refractivity contribution in [1.82, 2.24) is 14.9 Å². The van der Waals surface area contributed by atoms with Crippen molar-refractivity contribution in [2.24, 2.45) is 10.7 Å². The van der Waals surface area contributed by atoms with Crippen molar-refractivity contribution in [2.45, 2.75) is 44.7 Å². The maximum atomic E-state index is 5.81. The summed E-state index contributed by atoms with van der Waals surface area (Å²) in [5.41, 5.74) is 8.67. The van der Waals surface area contributed by atoms with Crippen molar-refractivity contribution < 1.29 is 0 Å². The summed E-state index contributed by atoms with van der Waals surface area (Å²) in [6.07, 6.45) is 9.80. The Bertz CT molecular complexity index is 819. The highest BCUT2D eigenvalue weighted by molar-refractivity contribution is 6.11. The van der Waals surface area contributed by atoms with Crippen LogP contribution in [0.3, 0.4) is 0 Å². The Morgan fingerprint density at radius 1 is 1.26 bits per heavy atom. The number of hydrogen-bond acceptors (Lipinski definition) is 6. The topological polar surface area (TPSA) is 79.4 Å². The molecule has 2 aromatic rings. The molecule has 1 aromatic heterocycles. The Balaban J connectivity index is 1.83. The summed E-state index contributed by atoms with van der Waals surface area (Å²) < 4.78 is 0. The number of nitrogens with two attached hydrogens (primary N) is 1. The van der Waals surface area contributed by atoms with Gasteiger partial charge in [0.15, 0.2) is 0 Å². The van der Waals surface area contributed by atoms with Gasteiger partial charge in [-0.1, -0.05) is 6.07 Å². The van der Waals surface area contributed by atoms with Crippen molar-refractivity contribution >= 4 is 28.5 Å². The second kappa shape index (κ2) is 8.95. The molecule has 1 aromatic carbocycles. The minimum Gasteiger partial charge on any atom is -0.404 e. The van der Waals surface area contributed by atoms with Crippen LogP contribution in [0.15, 0.2) is 35.7 Å². The predicted molar refractivity (Wildman–Crippen MR) is 114 cm³/mol. The van der Waals surface area contributed by atoms with Gasteiger partial charge in [-0.3, -0.25) is 4.99 Å². The van der Waals surface area contributed by atoms with Gasteiger partial charge in [-0.2, -0.15) is 0 Å². The molecule has 1 heterocycles. The van der Waals surface area contributed by atoms with Gasteiger partial charge >= 0.3 is 0 Å². The predicted octanol–water partition coefficient (Wildman–Crippen LogP) is 3.30. The maximum absolute atomic E-state index is 5.81. The van der Waals surface area contributed by atoms with E-state index in [4.69, 9.17) is 5.73 Å². The monoisotopic (exact) mass is 366 g/mol. The van der Waals surface area contributed by atoms with E-state index >= 15 is 0 Å². The van der Waals surface area contributed by atoms with Gasteiger partial charge < -0.3 is 16.0 Å².